The number of fused-ring (bicyclic) bond motifs is 3. The van der Waals surface area contributed by atoms with E-state index < -0.39 is 11.9 Å². The molecule has 0 bridgehead atoms. The van der Waals surface area contributed by atoms with E-state index in [4.69, 9.17) is 22.3 Å². The quantitative estimate of drug-likeness (QED) is 0.122. The Bertz CT molecular complexity index is 2750. The van der Waals surface area contributed by atoms with Gasteiger partial charge in [0.2, 0.25) is 11.7 Å². The summed E-state index contributed by atoms with van der Waals surface area (Å²) in [6.07, 6.45) is 2.68. The highest BCUT2D eigenvalue weighted by Crippen LogP contribution is 2.40. The zero-order chi connectivity index (χ0) is 44.8. The Hall–Kier alpha value is -5.65. The van der Waals surface area contributed by atoms with E-state index in [2.05, 4.69) is 48.6 Å². The van der Waals surface area contributed by atoms with E-state index in [0.29, 0.717) is 40.0 Å². The summed E-state index contributed by atoms with van der Waals surface area (Å²) < 4.78 is 3.64. The second-order valence-corrected chi connectivity index (χ2v) is 18.7. The van der Waals surface area contributed by atoms with Crippen LogP contribution in [0, 0.1) is 26.7 Å². The van der Waals surface area contributed by atoms with E-state index in [9.17, 15) is 19.8 Å². The number of aromatic hydroxyl groups is 2. The van der Waals surface area contributed by atoms with Crippen molar-refractivity contribution < 1.29 is 19.8 Å². The molecule has 9 rings (SSSR count). The van der Waals surface area contributed by atoms with Crippen molar-refractivity contribution in [1.29, 1.82) is 0 Å². The molecule has 3 aromatic heterocycles. The number of rotatable bonds is 11. The van der Waals surface area contributed by atoms with Crippen LogP contribution in [-0.2, 0) is 17.8 Å². The van der Waals surface area contributed by atoms with E-state index >= 15 is 0 Å². The minimum absolute atomic E-state index is 0. The van der Waals surface area contributed by atoms with Gasteiger partial charge in [0, 0.05) is 85.1 Å². The van der Waals surface area contributed by atoms with Crippen LogP contribution in [0.15, 0.2) is 65.7 Å². The third kappa shape index (κ3) is 9.14. The second kappa shape index (κ2) is 19.1. The fourth-order valence-corrected chi connectivity index (χ4v) is 10.6. The summed E-state index contributed by atoms with van der Waals surface area (Å²) in [6, 6.07) is 18.0. The van der Waals surface area contributed by atoms with Crippen LogP contribution in [0.4, 0.5) is 0 Å². The Labute approximate surface area is 393 Å². The van der Waals surface area contributed by atoms with Gasteiger partial charge in [-0.3, -0.25) is 28.6 Å². The molecular weight excluding hydrogens is 886 g/mol. The lowest BCUT2D eigenvalue weighted by Crippen LogP contribution is -2.48. The second-order valence-electron chi connectivity index (χ2n) is 17.1. The Morgan fingerprint density at radius 1 is 0.846 bits per heavy atom. The van der Waals surface area contributed by atoms with Gasteiger partial charge in [-0.1, -0.05) is 42.8 Å². The number of nitrogens with zero attached hydrogens (tertiary/aromatic N) is 10. The first kappa shape index (κ1) is 45.9. The van der Waals surface area contributed by atoms with Gasteiger partial charge in [0.1, 0.15) is 28.4 Å². The van der Waals surface area contributed by atoms with Crippen LogP contribution in [0.3, 0.4) is 0 Å². The molecule has 2 fully saturated rings. The number of benzene rings is 3. The topological polar surface area (TPSA) is 184 Å². The predicted octanol–water partition coefficient (Wildman–Crippen LogP) is 6.99. The molecule has 18 heteroatoms. The number of aromatic nitrogens is 6. The molecule has 0 saturated carbocycles. The molecule has 0 aliphatic carbocycles. The molecular formula is C47H53Cl2N11O4S. The molecule has 65 heavy (non-hydrogen) atoms. The van der Waals surface area contributed by atoms with Crippen LogP contribution in [0.25, 0.3) is 22.1 Å². The van der Waals surface area contributed by atoms with Gasteiger partial charge in [-0.2, -0.15) is 0 Å². The SMILES string of the molecule is CCc1cc(-c2nnc(C(N)=O)n2-c2ccc(CN3CCN(CC4CCN(C(=O)C[C@@H]5N=C(c6ccc(Cl)cc6)c6c(sc(C)c6C)-n6c(C)nnc65)CC4)CC3)cc2)c(O)cc1O.Cl. The maximum atomic E-state index is 14.1. The number of aliphatic imine (C=N–C) groups is 1. The number of hydrogen-bond donors (Lipinski definition) is 3. The first-order valence-electron chi connectivity index (χ1n) is 21.8. The fourth-order valence-electron chi connectivity index (χ4n) is 9.24. The van der Waals surface area contributed by atoms with Crippen LogP contribution in [-0.4, -0.2) is 118 Å². The lowest BCUT2D eigenvalue weighted by Gasteiger charge is -2.39. The van der Waals surface area contributed by atoms with E-state index in [0.717, 1.165) is 104 Å². The third-order valence-corrected chi connectivity index (χ3v) is 14.4. The van der Waals surface area contributed by atoms with E-state index in [-0.39, 0.29) is 47.9 Å². The van der Waals surface area contributed by atoms with E-state index in [1.165, 1.54) is 15.5 Å². The highest BCUT2D eigenvalue weighted by atomic mass is 35.5. The van der Waals surface area contributed by atoms with Crippen molar-refractivity contribution in [2.45, 2.75) is 66.0 Å². The fraction of sp³-hybridized carbons (Fsp3) is 0.383. The van der Waals surface area contributed by atoms with Gasteiger partial charge >= 0.3 is 0 Å². The van der Waals surface area contributed by atoms with Crippen LogP contribution in [0.2, 0.25) is 5.02 Å². The number of carbonyl (C=O) groups is 2. The smallest absolute Gasteiger partial charge is 0.287 e. The van der Waals surface area contributed by atoms with Crippen molar-refractivity contribution in [3.05, 3.63) is 116 Å². The van der Waals surface area contributed by atoms with Crippen molar-refractivity contribution >= 4 is 52.9 Å². The Kier molecular flexibility index (Phi) is 13.5. The lowest BCUT2D eigenvalue weighted by atomic mass is 9.95. The average molecular weight is 939 g/mol. The molecule has 3 aliphatic heterocycles. The van der Waals surface area contributed by atoms with Gasteiger partial charge in [-0.25, -0.2) is 0 Å². The van der Waals surface area contributed by atoms with Gasteiger partial charge in [0.05, 0.1) is 17.7 Å². The number of halogens is 2. The number of piperazine rings is 1. The molecule has 6 heterocycles. The minimum Gasteiger partial charge on any atom is -0.508 e. The van der Waals surface area contributed by atoms with Crippen molar-refractivity contribution in [2.75, 3.05) is 45.8 Å². The minimum atomic E-state index is -0.747. The number of piperidine rings is 1. The zero-order valence-corrected chi connectivity index (χ0v) is 39.3. The summed E-state index contributed by atoms with van der Waals surface area (Å²) in [7, 11) is 0. The largest absolute Gasteiger partial charge is 0.508 e. The summed E-state index contributed by atoms with van der Waals surface area (Å²) in [6.45, 7) is 15.2. The first-order valence-corrected chi connectivity index (χ1v) is 23.0. The maximum Gasteiger partial charge on any atom is 0.287 e. The molecule has 3 aromatic carbocycles. The number of amides is 2. The number of aryl methyl sites for hydroxylation is 3. The number of likely N-dealkylation sites (tertiary alicyclic amines) is 1. The highest BCUT2D eigenvalue weighted by Gasteiger charge is 2.34. The molecule has 1 atom stereocenters. The normalized spacial score (nSPS) is 17.0. The summed E-state index contributed by atoms with van der Waals surface area (Å²) in [5, 5.41) is 40.0. The highest BCUT2D eigenvalue weighted by molar-refractivity contribution is 7.15. The Morgan fingerprint density at radius 3 is 2.22 bits per heavy atom. The van der Waals surface area contributed by atoms with Gasteiger partial charge in [-0.15, -0.1) is 44.1 Å². The zero-order valence-electron chi connectivity index (χ0n) is 36.9. The molecule has 2 saturated heterocycles. The lowest BCUT2D eigenvalue weighted by molar-refractivity contribution is -0.133. The summed E-state index contributed by atoms with van der Waals surface area (Å²) in [5.74, 6) is 1.34. The van der Waals surface area contributed by atoms with E-state index in [1.54, 1.807) is 17.4 Å². The molecule has 15 nitrogen and oxygen atoms in total. The number of phenolic OH excluding ortho intramolecular Hbond substituents is 2. The molecule has 4 N–H and O–H groups in total. The number of hydrogen-bond acceptors (Lipinski definition) is 12. The molecule has 0 radical (unpaired) electrons. The summed E-state index contributed by atoms with van der Waals surface area (Å²) in [4.78, 5) is 40.0. The first-order chi connectivity index (χ1) is 30.9. The van der Waals surface area contributed by atoms with Crippen LogP contribution in [0.1, 0.15) is 87.2 Å². The van der Waals surface area contributed by atoms with Gasteiger partial charge < -0.3 is 25.7 Å². The van der Waals surface area contributed by atoms with Crippen molar-refractivity contribution in [3.8, 4) is 33.6 Å². The van der Waals surface area contributed by atoms with Crippen molar-refractivity contribution in [3.63, 3.8) is 0 Å². The molecule has 0 spiro atoms. The molecule has 3 aliphatic rings. The summed E-state index contributed by atoms with van der Waals surface area (Å²) >= 11 is 8.00. The van der Waals surface area contributed by atoms with Crippen LogP contribution < -0.4 is 5.73 Å². The van der Waals surface area contributed by atoms with Gasteiger partial charge in [0.25, 0.3) is 5.91 Å². The van der Waals surface area contributed by atoms with Crippen LogP contribution in [0.5, 0.6) is 11.5 Å². The number of phenols is 2. The Balaban J connectivity index is 0.00000576. The molecule has 340 valence electrons. The van der Waals surface area contributed by atoms with Crippen molar-refractivity contribution in [2.24, 2.45) is 16.6 Å². The number of carbonyl (C=O) groups excluding carboxylic acids is 2. The molecule has 2 amide bonds. The van der Waals surface area contributed by atoms with Gasteiger partial charge in [0.15, 0.2) is 11.6 Å². The number of primary amides is 1. The number of thiophene rings is 1. The van der Waals surface area contributed by atoms with Crippen LogP contribution >= 0.6 is 35.3 Å². The average Bonchev–Trinajstić information content (AvgIpc) is 3.96. The standard InChI is InChI=1S/C47H52ClN11O4S.ClH/c1-5-32-22-36(39(61)24-38(32)60)44-52-54-46(43(49)63)59(44)35-12-6-30(7-13-35)25-55-18-20-56(21-19-55)26-31-14-16-57(17-15-31)40(62)23-37-45-53-51-29(4)58(45)47-41(27(2)28(3)64-47)42(50-37)33-8-10-34(48)11-9-33;/h6-13,22,24,31,37,60-61H,5,14-21,23,25-26H2,1-4H3,(H2,49,63);1H/t37-;/m0./s1. The Morgan fingerprint density at radius 2 is 1.54 bits per heavy atom. The van der Waals surface area contributed by atoms with Crippen molar-refractivity contribution in [1.82, 2.24) is 44.2 Å². The van der Waals surface area contributed by atoms with Gasteiger partial charge in [-0.05, 0) is 93.0 Å². The molecule has 6 aromatic rings. The number of nitrogens with two attached hydrogens (primary N) is 1. The molecule has 0 unspecified atom stereocenters. The predicted molar refractivity (Wildman–Crippen MR) is 254 cm³/mol. The third-order valence-electron chi connectivity index (χ3n) is 13.0. The summed E-state index contributed by atoms with van der Waals surface area (Å²) in [5.41, 5.74) is 12.4. The maximum absolute atomic E-state index is 14.1. The monoisotopic (exact) mass is 937 g/mol. The van der Waals surface area contributed by atoms with E-state index in [1.807, 2.05) is 67.3 Å².